The Morgan fingerprint density at radius 3 is 2.66 bits per heavy atom. The number of carbonyl (C=O) groups excluding carboxylic acids is 2. The van der Waals surface area contributed by atoms with Gasteiger partial charge in [0.1, 0.15) is 19.0 Å². The normalized spacial score (nSPS) is 17.0. The highest BCUT2D eigenvalue weighted by molar-refractivity contribution is 7.10. The predicted molar refractivity (Wildman–Crippen MR) is 131 cm³/mol. The molecule has 1 saturated carbocycles. The zero-order valence-corrected chi connectivity index (χ0v) is 20.3. The van der Waals surface area contributed by atoms with Crippen LogP contribution in [-0.4, -0.2) is 54.5 Å². The summed E-state index contributed by atoms with van der Waals surface area (Å²) in [6, 6.07) is 14.9. The van der Waals surface area contributed by atoms with Gasteiger partial charge in [-0.05, 0) is 66.6 Å². The maximum Gasteiger partial charge on any atom is 0.254 e. The van der Waals surface area contributed by atoms with Crippen LogP contribution in [0.2, 0.25) is 0 Å². The SMILES string of the molecule is COc1ccccc1OCC1c2ccsc2CCN1C(=O)CN(C(=O)c1cccc(F)c1)C1CC1. The molecular formula is C27H27FN2O4S. The number of hydrogen-bond donors (Lipinski definition) is 0. The maximum absolute atomic E-state index is 13.7. The Labute approximate surface area is 207 Å². The number of ether oxygens (including phenoxy) is 2. The zero-order valence-electron chi connectivity index (χ0n) is 19.5. The molecule has 1 aliphatic carbocycles. The summed E-state index contributed by atoms with van der Waals surface area (Å²) in [7, 11) is 1.59. The molecule has 1 unspecified atom stereocenters. The van der Waals surface area contributed by atoms with Crippen molar-refractivity contribution in [2.75, 3.05) is 26.8 Å². The molecule has 6 nitrogen and oxygen atoms in total. The van der Waals surface area contributed by atoms with Crippen molar-refractivity contribution in [3.05, 3.63) is 81.8 Å². The molecule has 35 heavy (non-hydrogen) atoms. The Hall–Kier alpha value is -3.39. The van der Waals surface area contributed by atoms with Crippen LogP contribution in [0.25, 0.3) is 0 Å². The third-order valence-electron chi connectivity index (χ3n) is 6.51. The minimum absolute atomic E-state index is 0.0134. The number of thiophene rings is 1. The number of amides is 2. The molecule has 2 aliphatic rings. The van der Waals surface area contributed by atoms with Crippen LogP contribution in [0.1, 0.15) is 39.7 Å². The van der Waals surface area contributed by atoms with E-state index in [4.69, 9.17) is 9.47 Å². The fourth-order valence-electron chi connectivity index (χ4n) is 4.56. The fraction of sp³-hybridized carbons (Fsp3) is 0.333. The smallest absolute Gasteiger partial charge is 0.254 e. The molecule has 182 valence electrons. The number of rotatable bonds is 8. The second-order valence-electron chi connectivity index (χ2n) is 8.79. The van der Waals surface area contributed by atoms with E-state index in [-0.39, 0.29) is 42.6 Å². The standard InChI is InChI=1S/C27H27FN2O4S/c1-33-23-7-2-3-8-24(23)34-17-22-21-12-14-35-25(21)11-13-29(22)26(31)16-30(20-9-10-20)27(32)18-5-4-6-19(28)15-18/h2-8,12,14-15,20,22H,9-11,13,16-17H2,1H3. The van der Waals surface area contributed by atoms with Crippen LogP contribution < -0.4 is 9.47 Å². The summed E-state index contributed by atoms with van der Waals surface area (Å²) < 4.78 is 25.3. The molecule has 0 bridgehead atoms. The van der Waals surface area contributed by atoms with Crippen molar-refractivity contribution < 1.29 is 23.5 Å². The molecule has 0 spiro atoms. The Morgan fingerprint density at radius 2 is 1.91 bits per heavy atom. The van der Waals surface area contributed by atoms with Crippen LogP contribution in [-0.2, 0) is 11.2 Å². The molecular weight excluding hydrogens is 467 g/mol. The summed E-state index contributed by atoms with van der Waals surface area (Å²) in [4.78, 5) is 31.4. The number of nitrogens with zero attached hydrogens (tertiary/aromatic N) is 2. The molecule has 3 aromatic rings. The first-order valence-corrected chi connectivity index (χ1v) is 12.6. The van der Waals surface area contributed by atoms with Gasteiger partial charge in [0.05, 0.1) is 13.2 Å². The lowest BCUT2D eigenvalue weighted by atomic mass is 10.0. The number of methoxy groups -OCH3 is 1. The van der Waals surface area contributed by atoms with Crippen LogP contribution >= 0.6 is 11.3 Å². The fourth-order valence-corrected chi connectivity index (χ4v) is 5.49. The highest BCUT2D eigenvalue weighted by Crippen LogP contribution is 2.36. The van der Waals surface area contributed by atoms with E-state index in [2.05, 4.69) is 0 Å². The van der Waals surface area contributed by atoms with Crippen LogP contribution in [0.3, 0.4) is 0 Å². The number of halogens is 1. The molecule has 2 heterocycles. The number of para-hydroxylation sites is 2. The largest absolute Gasteiger partial charge is 0.493 e. The lowest BCUT2D eigenvalue weighted by Gasteiger charge is -2.37. The minimum atomic E-state index is -0.465. The number of hydrogen-bond acceptors (Lipinski definition) is 5. The highest BCUT2D eigenvalue weighted by Gasteiger charge is 2.38. The van der Waals surface area contributed by atoms with Gasteiger partial charge in [0.15, 0.2) is 11.5 Å². The first kappa shape index (κ1) is 23.4. The van der Waals surface area contributed by atoms with E-state index in [9.17, 15) is 14.0 Å². The molecule has 1 aromatic heterocycles. The van der Waals surface area contributed by atoms with Gasteiger partial charge in [-0.1, -0.05) is 18.2 Å². The Kier molecular flexibility index (Phi) is 6.72. The average Bonchev–Trinajstić information content (AvgIpc) is 3.61. The van der Waals surface area contributed by atoms with E-state index in [0.29, 0.717) is 18.0 Å². The summed E-state index contributed by atoms with van der Waals surface area (Å²) in [5.74, 6) is 0.341. The molecule has 1 fully saturated rings. The Bertz CT molecular complexity index is 1230. The summed E-state index contributed by atoms with van der Waals surface area (Å²) >= 11 is 1.69. The number of fused-ring (bicyclic) bond motifs is 1. The van der Waals surface area contributed by atoms with E-state index in [0.717, 1.165) is 24.8 Å². The van der Waals surface area contributed by atoms with Crippen molar-refractivity contribution in [2.24, 2.45) is 0 Å². The highest BCUT2D eigenvalue weighted by atomic mass is 32.1. The van der Waals surface area contributed by atoms with E-state index < -0.39 is 5.82 Å². The molecule has 2 amide bonds. The monoisotopic (exact) mass is 494 g/mol. The minimum Gasteiger partial charge on any atom is -0.493 e. The molecule has 2 aromatic carbocycles. The predicted octanol–water partition coefficient (Wildman–Crippen LogP) is 4.71. The topological polar surface area (TPSA) is 59.1 Å². The van der Waals surface area contributed by atoms with Gasteiger partial charge in [-0.15, -0.1) is 11.3 Å². The first-order chi connectivity index (χ1) is 17.0. The molecule has 5 rings (SSSR count). The second-order valence-corrected chi connectivity index (χ2v) is 9.79. The second kappa shape index (κ2) is 10.1. The third-order valence-corrected chi connectivity index (χ3v) is 7.50. The van der Waals surface area contributed by atoms with Gasteiger partial charge in [-0.3, -0.25) is 9.59 Å². The number of benzene rings is 2. The Morgan fingerprint density at radius 1 is 1.11 bits per heavy atom. The van der Waals surface area contributed by atoms with Gasteiger partial charge in [0.2, 0.25) is 5.91 Å². The van der Waals surface area contributed by atoms with Crippen LogP contribution in [0.5, 0.6) is 11.5 Å². The van der Waals surface area contributed by atoms with Crippen molar-refractivity contribution >= 4 is 23.2 Å². The van der Waals surface area contributed by atoms with E-state index >= 15 is 0 Å². The van der Waals surface area contributed by atoms with E-state index in [1.165, 1.54) is 23.1 Å². The average molecular weight is 495 g/mol. The Balaban J connectivity index is 1.35. The lowest BCUT2D eigenvalue weighted by Crippen LogP contribution is -2.48. The van der Waals surface area contributed by atoms with Crippen molar-refractivity contribution in [3.8, 4) is 11.5 Å². The molecule has 1 aliphatic heterocycles. The van der Waals surface area contributed by atoms with Gasteiger partial charge >= 0.3 is 0 Å². The van der Waals surface area contributed by atoms with Gasteiger partial charge in [-0.25, -0.2) is 4.39 Å². The molecule has 0 saturated heterocycles. The summed E-state index contributed by atoms with van der Waals surface area (Å²) in [6.07, 6.45) is 2.47. The van der Waals surface area contributed by atoms with Crippen LogP contribution in [0.15, 0.2) is 60.0 Å². The zero-order chi connectivity index (χ0) is 24.4. The van der Waals surface area contributed by atoms with Gasteiger partial charge in [0.25, 0.3) is 5.91 Å². The van der Waals surface area contributed by atoms with Crippen molar-refractivity contribution in [3.63, 3.8) is 0 Å². The maximum atomic E-state index is 13.7. The number of carbonyl (C=O) groups is 2. The van der Waals surface area contributed by atoms with Crippen molar-refractivity contribution in [1.82, 2.24) is 9.80 Å². The van der Waals surface area contributed by atoms with Crippen LogP contribution in [0, 0.1) is 5.82 Å². The molecule has 0 N–H and O–H groups in total. The molecule has 8 heteroatoms. The van der Waals surface area contributed by atoms with Gasteiger partial charge in [0, 0.05) is 23.0 Å². The van der Waals surface area contributed by atoms with Crippen molar-refractivity contribution in [1.29, 1.82) is 0 Å². The third kappa shape index (κ3) is 5.03. The quantitative estimate of drug-likeness (QED) is 0.455. The summed E-state index contributed by atoms with van der Waals surface area (Å²) in [6.45, 7) is 0.792. The van der Waals surface area contributed by atoms with E-state index in [1.807, 2.05) is 40.6 Å². The van der Waals surface area contributed by atoms with Gasteiger partial charge < -0.3 is 19.3 Å². The van der Waals surface area contributed by atoms with Crippen molar-refractivity contribution in [2.45, 2.75) is 31.3 Å². The first-order valence-electron chi connectivity index (χ1n) is 11.7. The van der Waals surface area contributed by atoms with Crippen LogP contribution in [0.4, 0.5) is 4.39 Å². The van der Waals surface area contributed by atoms with E-state index in [1.54, 1.807) is 29.4 Å². The molecule has 1 atom stereocenters. The summed E-state index contributed by atoms with van der Waals surface area (Å²) in [5.41, 5.74) is 1.35. The molecule has 0 radical (unpaired) electrons. The lowest BCUT2D eigenvalue weighted by molar-refractivity contribution is -0.135. The summed E-state index contributed by atoms with van der Waals surface area (Å²) in [5, 5.41) is 2.04. The van der Waals surface area contributed by atoms with Gasteiger partial charge in [-0.2, -0.15) is 0 Å².